The minimum atomic E-state index is -0.519. The molecule has 0 N–H and O–H groups in total. The largest absolute Gasteiger partial charge is 0.455 e. The van der Waals surface area contributed by atoms with Gasteiger partial charge in [-0.1, -0.05) is 11.6 Å². The third-order valence-electron chi connectivity index (χ3n) is 3.98. The van der Waals surface area contributed by atoms with Gasteiger partial charge in [0.1, 0.15) is 16.4 Å². The fourth-order valence-electron chi connectivity index (χ4n) is 2.93. The highest BCUT2D eigenvalue weighted by Gasteiger charge is 2.32. The average molecular weight is 321 g/mol. The van der Waals surface area contributed by atoms with Crippen molar-refractivity contribution in [3.8, 4) is 0 Å². The molecule has 0 bridgehead atoms. The van der Waals surface area contributed by atoms with Crippen molar-refractivity contribution in [1.82, 2.24) is 9.55 Å². The van der Waals surface area contributed by atoms with Gasteiger partial charge in [0.05, 0.1) is 11.2 Å². The first kappa shape index (κ1) is 15.3. The summed E-state index contributed by atoms with van der Waals surface area (Å²) in [6.45, 7) is 7.58. The fourth-order valence-corrected chi connectivity index (χ4v) is 3.12. The van der Waals surface area contributed by atoms with Crippen LogP contribution in [0.3, 0.4) is 0 Å². The standard InChI is InChI=1S/C17H21ClN2O2/c1-9-13-11(8-12(18)19-14(13)10-6-7-10)20(5)15(9)16(21)22-17(2,3)4/h8,10H,6-7H2,1-5H3. The van der Waals surface area contributed by atoms with Gasteiger partial charge in [0.2, 0.25) is 0 Å². The van der Waals surface area contributed by atoms with Gasteiger partial charge in [-0.15, -0.1) is 0 Å². The van der Waals surface area contributed by atoms with E-state index in [-0.39, 0.29) is 5.97 Å². The monoisotopic (exact) mass is 320 g/mol. The molecule has 2 heterocycles. The lowest BCUT2D eigenvalue weighted by molar-refractivity contribution is 0.00587. The minimum Gasteiger partial charge on any atom is -0.455 e. The molecule has 1 aliphatic rings. The number of rotatable bonds is 2. The number of aryl methyl sites for hydroxylation is 2. The zero-order valence-electron chi connectivity index (χ0n) is 13.7. The summed E-state index contributed by atoms with van der Waals surface area (Å²) >= 11 is 6.17. The summed E-state index contributed by atoms with van der Waals surface area (Å²) in [4.78, 5) is 17.1. The van der Waals surface area contributed by atoms with Crippen LogP contribution >= 0.6 is 11.6 Å². The molecule has 22 heavy (non-hydrogen) atoms. The van der Waals surface area contributed by atoms with Crippen molar-refractivity contribution >= 4 is 28.5 Å². The molecule has 0 aliphatic heterocycles. The molecular weight excluding hydrogens is 300 g/mol. The van der Waals surface area contributed by atoms with E-state index in [1.165, 1.54) is 0 Å². The van der Waals surface area contributed by atoms with Gasteiger partial charge >= 0.3 is 5.97 Å². The first-order chi connectivity index (χ1) is 10.2. The maximum atomic E-state index is 12.6. The number of carbonyl (C=O) groups excluding carboxylic acids is 1. The first-order valence-electron chi connectivity index (χ1n) is 7.58. The third kappa shape index (κ3) is 2.60. The number of nitrogens with zero attached hydrogens (tertiary/aromatic N) is 2. The number of hydrogen-bond donors (Lipinski definition) is 0. The van der Waals surface area contributed by atoms with Gasteiger partial charge in [0, 0.05) is 18.4 Å². The topological polar surface area (TPSA) is 44.1 Å². The van der Waals surface area contributed by atoms with E-state index in [1.807, 2.05) is 45.4 Å². The van der Waals surface area contributed by atoms with Crippen LogP contribution in [0.5, 0.6) is 0 Å². The predicted molar refractivity (Wildman–Crippen MR) is 87.6 cm³/mol. The summed E-state index contributed by atoms with van der Waals surface area (Å²) in [7, 11) is 1.88. The molecule has 0 spiro atoms. The van der Waals surface area contributed by atoms with E-state index in [0.717, 1.165) is 35.0 Å². The van der Waals surface area contributed by atoms with Crippen LogP contribution in [-0.2, 0) is 11.8 Å². The Balaban J connectivity index is 2.20. The molecule has 4 nitrogen and oxygen atoms in total. The number of hydrogen-bond acceptors (Lipinski definition) is 3. The van der Waals surface area contributed by atoms with Gasteiger partial charge in [0.25, 0.3) is 0 Å². The van der Waals surface area contributed by atoms with Crippen molar-refractivity contribution < 1.29 is 9.53 Å². The number of carbonyl (C=O) groups is 1. The van der Waals surface area contributed by atoms with E-state index in [4.69, 9.17) is 16.3 Å². The van der Waals surface area contributed by atoms with Gasteiger partial charge in [-0.2, -0.15) is 0 Å². The molecule has 0 aromatic carbocycles. The minimum absolute atomic E-state index is 0.304. The number of aromatic nitrogens is 2. The lowest BCUT2D eigenvalue weighted by atomic mass is 10.1. The van der Waals surface area contributed by atoms with Gasteiger partial charge in [-0.3, -0.25) is 0 Å². The Morgan fingerprint density at radius 3 is 2.59 bits per heavy atom. The second-order valence-electron chi connectivity index (χ2n) is 7.03. The van der Waals surface area contributed by atoms with Gasteiger partial charge < -0.3 is 9.30 Å². The summed E-state index contributed by atoms with van der Waals surface area (Å²) < 4.78 is 7.42. The van der Waals surface area contributed by atoms with Crippen LogP contribution < -0.4 is 0 Å². The second-order valence-corrected chi connectivity index (χ2v) is 7.42. The van der Waals surface area contributed by atoms with Crippen molar-refractivity contribution in [3.05, 3.63) is 28.2 Å². The van der Waals surface area contributed by atoms with E-state index >= 15 is 0 Å². The molecule has 1 fully saturated rings. The van der Waals surface area contributed by atoms with Crippen molar-refractivity contribution in [2.75, 3.05) is 0 Å². The maximum Gasteiger partial charge on any atom is 0.355 e. The molecular formula is C17H21ClN2O2. The van der Waals surface area contributed by atoms with Crippen LogP contribution in [0.2, 0.25) is 5.15 Å². The summed E-state index contributed by atoms with van der Waals surface area (Å²) in [5.41, 5.74) is 2.95. The van der Waals surface area contributed by atoms with Crippen LogP contribution in [0, 0.1) is 6.92 Å². The lowest BCUT2D eigenvalue weighted by Gasteiger charge is -2.20. The molecule has 0 amide bonds. The van der Waals surface area contributed by atoms with Crippen LogP contribution in [-0.4, -0.2) is 21.1 Å². The smallest absolute Gasteiger partial charge is 0.355 e. The van der Waals surface area contributed by atoms with Gasteiger partial charge in [-0.05, 0) is 52.2 Å². The van der Waals surface area contributed by atoms with Crippen LogP contribution in [0.25, 0.3) is 10.9 Å². The normalized spacial score (nSPS) is 15.4. The fraction of sp³-hybridized carbons (Fsp3) is 0.529. The number of pyridine rings is 1. The summed E-state index contributed by atoms with van der Waals surface area (Å²) in [5, 5.41) is 1.53. The molecule has 5 heteroatoms. The Kier molecular flexibility index (Phi) is 3.48. The maximum absolute atomic E-state index is 12.6. The quantitative estimate of drug-likeness (QED) is 0.609. The Morgan fingerprint density at radius 2 is 2.05 bits per heavy atom. The molecule has 0 atom stereocenters. The highest BCUT2D eigenvalue weighted by molar-refractivity contribution is 6.30. The zero-order valence-corrected chi connectivity index (χ0v) is 14.4. The van der Waals surface area contributed by atoms with E-state index in [2.05, 4.69) is 4.98 Å². The molecule has 2 aromatic heterocycles. The van der Waals surface area contributed by atoms with Crippen LogP contribution in [0.15, 0.2) is 6.07 Å². The highest BCUT2D eigenvalue weighted by atomic mass is 35.5. The molecule has 1 saturated carbocycles. The molecule has 0 radical (unpaired) electrons. The molecule has 0 unspecified atom stereocenters. The Morgan fingerprint density at radius 1 is 1.41 bits per heavy atom. The number of fused-ring (bicyclic) bond motifs is 1. The molecule has 118 valence electrons. The van der Waals surface area contributed by atoms with Crippen molar-refractivity contribution in [2.24, 2.45) is 7.05 Å². The number of halogens is 1. The first-order valence-corrected chi connectivity index (χ1v) is 7.95. The Hall–Kier alpha value is -1.55. The summed E-state index contributed by atoms with van der Waals surface area (Å²) in [5.74, 6) is 0.162. The Bertz CT molecular complexity index is 767. The van der Waals surface area contributed by atoms with E-state index in [9.17, 15) is 4.79 Å². The van der Waals surface area contributed by atoms with E-state index < -0.39 is 5.60 Å². The second kappa shape index (κ2) is 4.98. The molecule has 1 aliphatic carbocycles. The molecule has 2 aromatic rings. The number of esters is 1. The zero-order chi connectivity index (χ0) is 16.2. The highest BCUT2D eigenvalue weighted by Crippen LogP contribution is 2.44. The SMILES string of the molecule is Cc1c(C(=O)OC(C)(C)C)n(C)c2cc(Cl)nc(C3CC3)c12. The van der Waals surface area contributed by atoms with E-state index in [1.54, 1.807) is 0 Å². The predicted octanol–water partition coefficient (Wildman–Crippen LogP) is 4.37. The molecule has 0 saturated heterocycles. The van der Waals surface area contributed by atoms with Crippen molar-refractivity contribution in [2.45, 2.75) is 52.1 Å². The lowest BCUT2D eigenvalue weighted by Crippen LogP contribution is -2.25. The summed E-state index contributed by atoms with van der Waals surface area (Å²) in [6.07, 6.45) is 2.27. The van der Waals surface area contributed by atoms with Crippen LogP contribution in [0.4, 0.5) is 0 Å². The van der Waals surface area contributed by atoms with Gasteiger partial charge in [0.15, 0.2) is 0 Å². The average Bonchev–Trinajstić information content (AvgIpc) is 3.15. The number of ether oxygens (including phenoxy) is 1. The van der Waals surface area contributed by atoms with E-state index in [0.29, 0.717) is 16.8 Å². The Labute approximate surface area is 135 Å². The van der Waals surface area contributed by atoms with Crippen molar-refractivity contribution in [1.29, 1.82) is 0 Å². The summed E-state index contributed by atoms with van der Waals surface area (Å²) in [6, 6.07) is 1.82. The van der Waals surface area contributed by atoms with Gasteiger partial charge in [-0.25, -0.2) is 9.78 Å². The van der Waals surface area contributed by atoms with Crippen molar-refractivity contribution in [3.63, 3.8) is 0 Å². The third-order valence-corrected chi connectivity index (χ3v) is 4.17. The molecule has 3 rings (SSSR count). The van der Waals surface area contributed by atoms with Crippen LogP contribution in [0.1, 0.15) is 61.3 Å².